The minimum absolute atomic E-state index is 0.649. The predicted molar refractivity (Wildman–Crippen MR) is 130 cm³/mol. The molecule has 0 radical (unpaired) electrons. The molecule has 4 rings (SSSR count). The van der Waals surface area contributed by atoms with E-state index in [-0.39, 0.29) is 0 Å². The van der Waals surface area contributed by atoms with E-state index < -0.39 is 0 Å². The molecule has 0 aliphatic heterocycles. The van der Waals surface area contributed by atoms with Crippen molar-refractivity contribution in [3.63, 3.8) is 0 Å². The van der Waals surface area contributed by atoms with Gasteiger partial charge in [-0.3, -0.25) is 9.29 Å². The van der Waals surface area contributed by atoms with E-state index >= 15 is 0 Å². The Kier molecular flexibility index (Phi) is 6.99. The van der Waals surface area contributed by atoms with Crippen molar-refractivity contribution in [1.82, 2.24) is 14.8 Å². The molecule has 0 amide bonds. The molecule has 0 unspecified atom stereocenters. The van der Waals surface area contributed by atoms with E-state index in [1.54, 1.807) is 30.4 Å². The summed E-state index contributed by atoms with van der Waals surface area (Å²) in [7, 11) is 1.66. The van der Waals surface area contributed by atoms with Crippen LogP contribution >= 0.6 is 50.8 Å². The van der Waals surface area contributed by atoms with Gasteiger partial charge in [-0.15, -0.1) is 21.5 Å². The first kappa shape index (κ1) is 21.2. The Morgan fingerprint density at radius 1 is 1.17 bits per heavy atom. The van der Waals surface area contributed by atoms with E-state index in [4.69, 9.17) is 16.3 Å². The molecule has 0 saturated carbocycles. The van der Waals surface area contributed by atoms with E-state index in [0.717, 1.165) is 43.8 Å². The Bertz CT molecular complexity index is 1120. The predicted octanol–water partition coefficient (Wildman–Crippen LogP) is 6.72. The van der Waals surface area contributed by atoms with E-state index in [0.29, 0.717) is 5.95 Å². The fraction of sp³-hybridized carbons (Fsp3) is 0.143. The minimum Gasteiger partial charge on any atom is -0.495 e. The Morgan fingerprint density at radius 3 is 2.73 bits per heavy atom. The van der Waals surface area contributed by atoms with Gasteiger partial charge < -0.3 is 4.74 Å². The molecule has 0 aliphatic rings. The molecule has 154 valence electrons. The number of aromatic nitrogens is 3. The van der Waals surface area contributed by atoms with Crippen LogP contribution in [0.25, 0.3) is 16.4 Å². The van der Waals surface area contributed by atoms with Gasteiger partial charge in [0.1, 0.15) is 5.75 Å². The average Bonchev–Trinajstić information content (AvgIpc) is 3.42. The maximum absolute atomic E-state index is 5.96. The number of methoxy groups -OCH3 is 1. The lowest BCUT2D eigenvalue weighted by atomic mass is 10.2. The third-order valence-corrected chi connectivity index (χ3v) is 6.70. The summed E-state index contributed by atoms with van der Waals surface area (Å²) >= 11 is 12.7. The molecule has 0 fully saturated rings. The van der Waals surface area contributed by atoms with Gasteiger partial charge >= 0.3 is 0 Å². The second-order valence-electron chi connectivity index (χ2n) is 6.30. The van der Waals surface area contributed by atoms with Gasteiger partial charge in [0.2, 0.25) is 5.95 Å². The highest BCUT2D eigenvalue weighted by atomic mass is 79.9. The van der Waals surface area contributed by atoms with Gasteiger partial charge in [0, 0.05) is 15.2 Å². The van der Waals surface area contributed by atoms with Gasteiger partial charge in [0.25, 0.3) is 0 Å². The zero-order chi connectivity index (χ0) is 20.9. The third kappa shape index (κ3) is 4.83. The van der Waals surface area contributed by atoms with Crippen molar-refractivity contribution in [3.8, 4) is 22.1 Å². The number of rotatable bonds is 8. The Labute approximate surface area is 196 Å². The van der Waals surface area contributed by atoms with Crippen molar-refractivity contribution in [2.45, 2.75) is 6.42 Å². The first-order chi connectivity index (χ1) is 14.7. The maximum Gasteiger partial charge on any atom is 0.239 e. The lowest BCUT2D eigenvalue weighted by molar-refractivity contribution is 0.413. The summed E-state index contributed by atoms with van der Waals surface area (Å²) in [6.07, 6.45) is 0.918. The van der Waals surface area contributed by atoms with Crippen LogP contribution in [-0.4, -0.2) is 27.6 Å². The molecule has 0 aliphatic carbocycles. The molecule has 9 heteroatoms. The first-order valence-electron chi connectivity index (χ1n) is 9.11. The van der Waals surface area contributed by atoms with Crippen LogP contribution in [0.15, 0.2) is 64.5 Å². The first-order valence-corrected chi connectivity index (χ1v) is 12.1. The number of hydrogen-bond acceptors (Lipinski definition) is 6. The molecular weight excluding hydrogens is 504 g/mol. The molecule has 2 aromatic heterocycles. The van der Waals surface area contributed by atoms with Crippen LogP contribution in [0.5, 0.6) is 5.75 Å². The SMILES string of the molecule is COc1ccc(Br)cc1-n1c(NSCCc2ccc(Cl)cc2)nnc1-c1cccs1. The number of hydrogen-bond donors (Lipinski definition) is 1. The summed E-state index contributed by atoms with van der Waals surface area (Å²) in [6.45, 7) is 0. The Balaban J connectivity index is 1.59. The molecular formula is C21H18BrClN4OS2. The number of halogens is 2. The Hall–Kier alpha value is -2.00. The molecule has 0 atom stereocenters. The number of nitrogens with zero attached hydrogens (tertiary/aromatic N) is 3. The lowest BCUT2D eigenvalue weighted by Gasteiger charge is -2.14. The van der Waals surface area contributed by atoms with Crippen molar-refractivity contribution < 1.29 is 4.74 Å². The highest BCUT2D eigenvalue weighted by Gasteiger charge is 2.19. The standard InChI is InChI=1S/C21H18BrClN4OS2/c1-28-18-9-6-15(22)13-17(18)27-20(19-3-2-11-29-19)24-25-21(27)26-30-12-10-14-4-7-16(23)8-5-14/h2-9,11,13H,10,12H2,1H3,(H,25,26). The van der Waals surface area contributed by atoms with Crippen molar-refractivity contribution in [1.29, 1.82) is 0 Å². The molecule has 1 N–H and O–H groups in total. The van der Waals surface area contributed by atoms with Crippen molar-refractivity contribution in [3.05, 3.63) is 75.0 Å². The van der Waals surface area contributed by atoms with Crippen LogP contribution in [0, 0.1) is 0 Å². The number of benzene rings is 2. The molecule has 0 bridgehead atoms. The summed E-state index contributed by atoms with van der Waals surface area (Å²) in [4.78, 5) is 1.03. The quantitative estimate of drug-likeness (QED) is 0.206. The lowest BCUT2D eigenvalue weighted by Crippen LogP contribution is -2.05. The van der Waals surface area contributed by atoms with Crippen LogP contribution in [-0.2, 0) is 6.42 Å². The van der Waals surface area contributed by atoms with Crippen LogP contribution < -0.4 is 9.46 Å². The van der Waals surface area contributed by atoms with Crippen molar-refractivity contribution in [2.24, 2.45) is 0 Å². The zero-order valence-corrected chi connectivity index (χ0v) is 20.0. The van der Waals surface area contributed by atoms with Gasteiger partial charge in [-0.05, 0) is 65.7 Å². The number of nitrogens with one attached hydrogen (secondary N) is 1. The summed E-state index contributed by atoms with van der Waals surface area (Å²) in [5, 5.41) is 11.6. The second-order valence-corrected chi connectivity index (χ2v) is 9.50. The number of thiophene rings is 1. The highest BCUT2D eigenvalue weighted by molar-refractivity contribution is 9.10. The molecule has 2 heterocycles. The zero-order valence-electron chi connectivity index (χ0n) is 16.0. The normalized spacial score (nSPS) is 10.9. The van der Waals surface area contributed by atoms with Crippen LogP contribution in [0.1, 0.15) is 5.56 Å². The van der Waals surface area contributed by atoms with E-state index in [2.05, 4.69) is 30.8 Å². The van der Waals surface area contributed by atoms with Gasteiger partial charge in [-0.2, -0.15) is 0 Å². The van der Waals surface area contributed by atoms with Crippen molar-refractivity contribution >= 4 is 56.8 Å². The monoisotopic (exact) mass is 520 g/mol. The maximum atomic E-state index is 5.96. The largest absolute Gasteiger partial charge is 0.495 e. The summed E-state index contributed by atoms with van der Waals surface area (Å²) in [6, 6.07) is 17.8. The molecule has 5 nitrogen and oxygen atoms in total. The van der Waals surface area contributed by atoms with Crippen LogP contribution in [0.4, 0.5) is 5.95 Å². The smallest absolute Gasteiger partial charge is 0.239 e. The summed E-state index contributed by atoms with van der Waals surface area (Å²) < 4.78 is 11.9. The molecule has 0 spiro atoms. The molecule has 2 aromatic carbocycles. The number of ether oxygens (including phenoxy) is 1. The van der Waals surface area contributed by atoms with Gasteiger partial charge in [0.15, 0.2) is 5.82 Å². The fourth-order valence-electron chi connectivity index (χ4n) is 2.92. The van der Waals surface area contributed by atoms with E-state index in [9.17, 15) is 0 Å². The topological polar surface area (TPSA) is 52.0 Å². The molecule has 4 aromatic rings. The van der Waals surface area contributed by atoms with Crippen LogP contribution in [0.2, 0.25) is 5.02 Å². The molecule has 0 saturated heterocycles. The van der Waals surface area contributed by atoms with Crippen LogP contribution in [0.3, 0.4) is 0 Å². The van der Waals surface area contributed by atoms with Gasteiger partial charge in [0.05, 0.1) is 17.7 Å². The average molecular weight is 522 g/mol. The molecule has 30 heavy (non-hydrogen) atoms. The summed E-state index contributed by atoms with van der Waals surface area (Å²) in [5.41, 5.74) is 2.10. The number of anilines is 1. The van der Waals surface area contributed by atoms with Crippen molar-refractivity contribution in [2.75, 3.05) is 17.6 Å². The fourth-order valence-corrected chi connectivity index (χ4v) is 4.79. The third-order valence-electron chi connectivity index (χ3n) is 4.36. The minimum atomic E-state index is 0.649. The second kappa shape index (κ2) is 9.87. The number of aryl methyl sites for hydroxylation is 1. The van der Waals surface area contributed by atoms with E-state index in [1.807, 2.05) is 64.5 Å². The highest BCUT2D eigenvalue weighted by Crippen LogP contribution is 2.35. The summed E-state index contributed by atoms with van der Waals surface area (Å²) in [5.74, 6) is 3.03. The van der Waals surface area contributed by atoms with E-state index in [1.165, 1.54) is 5.56 Å². The van der Waals surface area contributed by atoms with Gasteiger partial charge in [-0.25, -0.2) is 0 Å². The van der Waals surface area contributed by atoms with Gasteiger partial charge in [-0.1, -0.05) is 45.7 Å². The Morgan fingerprint density at radius 2 is 2.00 bits per heavy atom.